The van der Waals surface area contributed by atoms with Gasteiger partial charge in [-0.05, 0) is 21.1 Å². The molecule has 0 amide bonds. The molecule has 0 aliphatic rings. The molecular weight excluding hydrogens is 414 g/mol. The van der Waals surface area contributed by atoms with Crippen LogP contribution in [0.5, 0.6) is 0 Å². The van der Waals surface area contributed by atoms with E-state index in [1.54, 1.807) is 0 Å². The molecule has 0 radical (unpaired) electrons. The zero-order chi connectivity index (χ0) is 24.4. The Bertz CT molecular complexity index is 515. The fraction of sp³-hybridized carbons (Fsp3) is 0.600. The van der Waals surface area contributed by atoms with Crippen molar-refractivity contribution in [1.29, 1.82) is 0 Å². The van der Waals surface area contributed by atoms with Crippen LogP contribution in [0.25, 0.3) is 0 Å². The van der Waals surface area contributed by atoms with E-state index in [1.807, 2.05) is 0 Å². The molecule has 15 nitrogen and oxygen atoms in total. The average molecular weight is 441 g/mol. The highest BCUT2D eigenvalue weighted by Gasteiger charge is 2.19. The Morgan fingerprint density at radius 2 is 0.667 bits per heavy atom. The molecule has 0 heterocycles. The topological polar surface area (TPSA) is 260 Å². The summed E-state index contributed by atoms with van der Waals surface area (Å²) in [6, 6.07) is -2.97. The number of carboxylic acids is 6. The maximum atomic E-state index is 10.1. The van der Waals surface area contributed by atoms with Crippen LogP contribution in [-0.4, -0.2) is 106 Å². The number of hydrogen-bond donors (Lipinski definition) is 9. The highest BCUT2D eigenvalue weighted by atomic mass is 16.4. The molecule has 30 heavy (non-hydrogen) atoms. The first-order valence-electron chi connectivity index (χ1n) is 8.08. The van der Waals surface area contributed by atoms with Gasteiger partial charge in [-0.15, -0.1) is 0 Å². The molecule has 0 aromatic carbocycles. The van der Waals surface area contributed by atoms with Crippen LogP contribution in [0.3, 0.4) is 0 Å². The lowest BCUT2D eigenvalue weighted by Crippen LogP contribution is -2.35. The van der Waals surface area contributed by atoms with Crippen molar-refractivity contribution in [3.05, 3.63) is 0 Å². The summed E-state index contributed by atoms with van der Waals surface area (Å²) in [6.45, 7) is 0. The Balaban J connectivity index is -0.000000364. The predicted octanol–water partition coefficient (Wildman–Crippen LogP) is -2.60. The van der Waals surface area contributed by atoms with Gasteiger partial charge in [0.05, 0.1) is 19.3 Å². The van der Waals surface area contributed by atoms with Crippen molar-refractivity contribution < 1.29 is 59.4 Å². The molecule has 0 rings (SSSR count). The third-order valence-corrected chi connectivity index (χ3v) is 3.08. The van der Waals surface area contributed by atoms with Gasteiger partial charge in [-0.1, -0.05) is 0 Å². The molecule has 0 saturated heterocycles. The Morgan fingerprint density at radius 3 is 0.700 bits per heavy atom. The zero-order valence-electron chi connectivity index (χ0n) is 16.5. The van der Waals surface area contributed by atoms with E-state index in [0.29, 0.717) is 0 Å². The van der Waals surface area contributed by atoms with Gasteiger partial charge in [0.25, 0.3) is 0 Å². The Kier molecular flexibility index (Phi) is 18.6. The van der Waals surface area contributed by atoms with Gasteiger partial charge in [0.1, 0.15) is 18.1 Å². The molecule has 0 bridgehead atoms. The van der Waals surface area contributed by atoms with Crippen LogP contribution in [0.15, 0.2) is 0 Å². The van der Waals surface area contributed by atoms with E-state index in [0.717, 1.165) is 0 Å². The Labute approximate surface area is 170 Å². The van der Waals surface area contributed by atoms with E-state index >= 15 is 0 Å². The van der Waals surface area contributed by atoms with E-state index in [9.17, 15) is 28.8 Å². The van der Waals surface area contributed by atoms with Crippen LogP contribution in [0.4, 0.5) is 0 Å². The largest absolute Gasteiger partial charge is 0.481 e. The summed E-state index contributed by atoms with van der Waals surface area (Å²) in [4.78, 5) is 60.3. The number of likely N-dealkylation sites (N-methyl/N-ethyl adjacent to an activating group) is 3. The second-order valence-corrected chi connectivity index (χ2v) is 5.33. The number of nitrogens with one attached hydrogen (secondary N) is 3. The lowest BCUT2D eigenvalue weighted by atomic mass is 10.2. The van der Waals surface area contributed by atoms with Gasteiger partial charge in [-0.25, -0.2) is 0 Å². The van der Waals surface area contributed by atoms with Crippen molar-refractivity contribution in [2.24, 2.45) is 0 Å². The molecule has 9 N–H and O–H groups in total. The molecular formula is C15H27N3O12. The summed E-state index contributed by atoms with van der Waals surface area (Å²) in [5.41, 5.74) is 0. The van der Waals surface area contributed by atoms with Crippen molar-refractivity contribution >= 4 is 35.8 Å². The highest BCUT2D eigenvalue weighted by molar-refractivity contribution is 5.81. The second-order valence-electron chi connectivity index (χ2n) is 5.33. The second kappa shape index (κ2) is 17.8. The third-order valence-electron chi connectivity index (χ3n) is 3.08. The minimum Gasteiger partial charge on any atom is -0.481 e. The molecule has 0 unspecified atom stereocenters. The highest BCUT2D eigenvalue weighted by Crippen LogP contribution is 1.91. The SMILES string of the molecule is CN[C@H](CC(=O)O)C(=O)O.CN[C@H](CC(=O)O)C(=O)O.CN[C@H](CC(=O)O)C(=O)O. The zero-order valence-corrected chi connectivity index (χ0v) is 16.5. The molecule has 0 spiro atoms. The van der Waals surface area contributed by atoms with Crippen LogP contribution >= 0.6 is 0 Å². The van der Waals surface area contributed by atoms with Crippen LogP contribution in [0.2, 0.25) is 0 Å². The minimum absolute atomic E-state index is 0.397. The molecule has 0 aliphatic heterocycles. The maximum Gasteiger partial charge on any atom is 0.321 e. The van der Waals surface area contributed by atoms with E-state index < -0.39 is 73.2 Å². The summed E-state index contributed by atoms with van der Waals surface area (Å²) in [5, 5.41) is 56.4. The quantitative estimate of drug-likeness (QED) is 0.150. The molecule has 0 aromatic rings. The van der Waals surface area contributed by atoms with E-state index in [2.05, 4.69) is 16.0 Å². The minimum atomic E-state index is -1.15. The molecule has 0 fully saturated rings. The number of rotatable bonds is 12. The van der Waals surface area contributed by atoms with Gasteiger partial charge in [-0.2, -0.15) is 0 Å². The summed E-state index contributed by atoms with van der Waals surface area (Å²) in [7, 11) is 4.21. The molecule has 0 saturated carbocycles. The standard InChI is InChI=1S/3C5H9NO4/c3*1-6-3(5(9)10)2-4(7)8/h3*3,6H,2H2,1H3,(H,7,8)(H,9,10)/t3*3-/m111/s1. The Morgan fingerprint density at radius 1 is 0.500 bits per heavy atom. The molecule has 3 atom stereocenters. The van der Waals surface area contributed by atoms with Crippen molar-refractivity contribution in [1.82, 2.24) is 16.0 Å². The fourth-order valence-corrected chi connectivity index (χ4v) is 1.46. The molecule has 174 valence electrons. The third kappa shape index (κ3) is 19.5. The van der Waals surface area contributed by atoms with Gasteiger partial charge in [0.15, 0.2) is 0 Å². The summed E-state index contributed by atoms with van der Waals surface area (Å²) in [6.07, 6.45) is -1.19. The Hall–Kier alpha value is -3.30. The first-order chi connectivity index (χ1) is 13.7. The van der Waals surface area contributed by atoms with Gasteiger partial charge >= 0.3 is 35.8 Å². The maximum absolute atomic E-state index is 10.1. The van der Waals surface area contributed by atoms with Crippen LogP contribution in [0, 0.1) is 0 Å². The number of carboxylic acid groups (broad SMARTS) is 6. The van der Waals surface area contributed by atoms with Gasteiger partial charge in [-0.3, -0.25) is 28.8 Å². The summed E-state index contributed by atoms with van der Waals surface area (Å²) < 4.78 is 0. The first kappa shape index (κ1) is 31.4. The van der Waals surface area contributed by atoms with E-state index in [4.69, 9.17) is 30.6 Å². The average Bonchev–Trinajstić information content (AvgIpc) is 2.61. The lowest BCUT2D eigenvalue weighted by molar-refractivity contribution is -0.145. The predicted molar refractivity (Wildman–Crippen MR) is 98.2 cm³/mol. The molecule has 0 aliphatic carbocycles. The normalized spacial score (nSPS) is 12.5. The fourth-order valence-electron chi connectivity index (χ4n) is 1.46. The van der Waals surface area contributed by atoms with Crippen LogP contribution < -0.4 is 16.0 Å². The van der Waals surface area contributed by atoms with Crippen molar-refractivity contribution in [2.75, 3.05) is 21.1 Å². The van der Waals surface area contributed by atoms with Gasteiger partial charge < -0.3 is 46.6 Å². The van der Waals surface area contributed by atoms with Gasteiger partial charge in [0.2, 0.25) is 0 Å². The van der Waals surface area contributed by atoms with Crippen molar-refractivity contribution in [2.45, 2.75) is 37.4 Å². The number of aliphatic carboxylic acids is 6. The summed E-state index contributed by atoms with van der Waals surface area (Å²) in [5.74, 6) is -6.81. The monoisotopic (exact) mass is 441 g/mol. The molecule has 15 heteroatoms. The van der Waals surface area contributed by atoms with Crippen LogP contribution in [-0.2, 0) is 28.8 Å². The number of carbonyl (C=O) groups is 6. The smallest absolute Gasteiger partial charge is 0.321 e. The van der Waals surface area contributed by atoms with Gasteiger partial charge in [0, 0.05) is 0 Å². The summed E-state index contributed by atoms with van der Waals surface area (Å²) >= 11 is 0. The van der Waals surface area contributed by atoms with Crippen molar-refractivity contribution in [3.8, 4) is 0 Å². The van der Waals surface area contributed by atoms with E-state index in [-0.39, 0.29) is 0 Å². The van der Waals surface area contributed by atoms with Crippen molar-refractivity contribution in [3.63, 3.8) is 0 Å². The first-order valence-corrected chi connectivity index (χ1v) is 8.08. The number of hydrogen-bond acceptors (Lipinski definition) is 9. The van der Waals surface area contributed by atoms with E-state index in [1.165, 1.54) is 21.1 Å². The lowest BCUT2D eigenvalue weighted by Gasteiger charge is -2.06. The van der Waals surface area contributed by atoms with Crippen LogP contribution in [0.1, 0.15) is 19.3 Å². The molecule has 0 aromatic heterocycles.